The lowest BCUT2D eigenvalue weighted by Gasteiger charge is -2.17. The molecule has 3 rings (SSSR count). The molecule has 2 aliphatic carbocycles. The lowest BCUT2D eigenvalue weighted by atomic mass is 10.0. The van der Waals surface area contributed by atoms with Gasteiger partial charge in [-0.25, -0.2) is 4.39 Å². The molecule has 0 bridgehead atoms. The number of benzene rings is 1. The van der Waals surface area contributed by atoms with Crippen molar-refractivity contribution in [3.63, 3.8) is 0 Å². The molecular formula is C16H22FNO. The van der Waals surface area contributed by atoms with Crippen LogP contribution in [0.4, 0.5) is 4.39 Å². The van der Waals surface area contributed by atoms with E-state index in [1.807, 2.05) is 19.2 Å². The Morgan fingerprint density at radius 1 is 1.32 bits per heavy atom. The second-order valence-corrected chi connectivity index (χ2v) is 5.94. The first-order valence-corrected chi connectivity index (χ1v) is 7.35. The topological polar surface area (TPSA) is 21.3 Å². The lowest BCUT2D eigenvalue weighted by molar-refractivity contribution is 0.241. The Bertz CT molecular complexity index is 450. The van der Waals surface area contributed by atoms with Gasteiger partial charge in [-0.15, -0.1) is 0 Å². The van der Waals surface area contributed by atoms with Crippen molar-refractivity contribution < 1.29 is 9.13 Å². The molecule has 1 aromatic carbocycles. The van der Waals surface area contributed by atoms with Crippen LogP contribution >= 0.6 is 0 Å². The molecule has 0 unspecified atom stereocenters. The molecule has 0 spiro atoms. The van der Waals surface area contributed by atoms with Crippen molar-refractivity contribution in [2.75, 3.05) is 13.7 Å². The quantitative estimate of drug-likeness (QED) is 0.876. The fraction of sp³-hybridized carbons (Fsp3) is 0.625. The third kappa shape index (κ3) is 2.62. The van der Waals surface area contributed by atoms with Crippen molar-refractivity contribution >= 4 is 0 Å². The van der Waals surface area contributed by atoms with Crippen molar-refractivity contribution in [1.29, 1.82) is 0 Å². The van der Waals surface area contributed by atoms with E-state index in [0.29, 0.717) is 18.3 Å². The van der Waals surface area contributed by atoms with Gasteiger partial charge in [-0.1, -0.05) is 18.9 Å². The Morgan fingerprint density at radius 3 is 2.68 bits per heavy atom. The predicted molar refractivity (Wildman–Crippen MR) is 73.8 cm³/mol. The highest BCUT2D eigenvalue weighted by molar-refractivity contribution is 5.37. The number of halogens is 1. The van der Waals surface area contributed by atoms with Gasteiger partial charge in [-0.2, -0.15) is 0 Å². The molecule has 2 fully saturated rings. The number of hydrogen-bond acceptors (Lipinski definition) is 2. The maximum Gasteiger partial charge on any atom is 0.165 e. The summed E-state index contributed by atoms with van der Waals surface area (Å²) in [5, 5.41) is 3.33. The van der Waals surface area contributed by atoms with E-state index in [1.54, 1.807) is 0 Å². The summed E-state index contributed by atoms with van der Waals surface area (Å²) in [6.07, 6.45) is 7.27. The van der Waals surface area contributed by atoms with Crippen molar-refractivity contribution in [2.45, 2.75) is 44.1 Å². The normalized spacial score (nSPS) is 21.6. The molecule has 0 atom stereocenters. The van der Waals surface area contributed by atoms with Gasteiger partial charge < -0.3 is 10.1 Å². The molecule has 0 saturated heterocycles. The van der Waals surface area contributed by atoms with Crippen LogP contribution in [-0.4, -0.2) is 13.7 Å². The van der Waals surface area contributed by atoms with Gasteiger partial charge in [-0.3, -0.25) is 0 Å². The van der Waals surface area contributed by atoms with E-state index in [1.165, 1.54) is 31.7 Å². The number of nitrogens with one attached hydrogen (secondary N) is 1. The van der Waals surface area contributed by atoms with Gasteiger partial charge >= 0.3 is 0 Å². The molecule has 1 aromatic rings. The zero-order valence-corrected chi connectivity index (χ0v) is 11.5. The molecule has 3 heteroatoms. The van der Waals surface area contributed by atoms with Gasteiger partial charge in [0, 0.05) is 5.54 Å². The van der Waals surface area contributed by atoms with Crippen LogP contribution in [0.1, 0.15) is 44.1 Å². The van der Waals surface area contributed by atoms with E-state index < -0.39 is 0 Å². The smallest absolute Gasteiger partial charge is 0.165 e. The summed E-state index contributed by atoms with van der Waals surface area (Å²) in [6, 6.07) is 5.30. The molecule has 19 heavy (non-hydrogen) atoms. The van der Waals surface area contributed by atoms with Crippen molar-refractivity contribution in [3.05, 3.63) is 29.6 Å². The number of ether oxygens (including phenoxy) is 1. The van der Waals surface area contributed by atoms with E-state index >= 15 is 0 Å². The molecule has 0 aromatic heterocycles. The molecule has 0 aliphatic heterocycles. The third-order valence-electron chi connectivity index (χ3n) is 4.66. The van der Waals surface area contributed by atoms with Crippen molar-refractivity contribution in [2.24, 2.45) is 5.92 Å². The maximum absolute atomic E-state index is 13.8. The minimum atomic E-state index is -0.242. The zero-order valence-electron chi connectivity index (χ0n) is 11.5. The molecule has 1 N–H and O–H groups in total. The maximum atomic E-state index is 13.8. The lowest BCUT2D eigenvalue weighted by Crippen LogP contribution is -2.24. The predicted octanol–water partition coefficient (Wildman–Crippen LogP) is 3.60. The number of hydrogen-bond donors (Lipinski definition) is 1. The van der Waals surface area contributed by atoms with Crippen molar-refractivity contribution in [1.82, 2.24) is 5.32 Å². The summed E-state index contributed by atoms with van der Waals surface area (Å²) in [5.74, 6) is 0.793. The number of rotatable bonds is 5. The molecule has 2 aliphatic rings. The highest BCUT2D eigenvalue weighted by Crippen LogP contribution is 2.46. The first-order chi connectivity index (χ1) is 9.23. The Balaban J connectivity index is 1.71. The second kappa shape index (κ2) is 5.12. The minimum absolute atomic E-state index is 0.0686. The molecule has 2 saturated carbocycles. The molecular weight excluding hydrogens is 241 g/mol. The highest BCUT2D eigenvalue weighted by atomic mass is 19.1. The van der Waals surface area contributed by atoms with E-state index in [4.69, 9.17) is 4.74 Å². The SMILES string of the molecule is CNC1(c2ccc(F)c(OCC3CCCC3)c2)CC1. The van der Waals surface area contributed by atoms with Gasteiger partial charge in [0.1, 0.15) is 0 Å². The summed E-state index contributed by atoms with van der Waals surface area (Å²) in [6.45, 7) is 0.660. The van der Waals surface area contributed by atoms with Crippen LogP contribution in [0, 0.1) is 11.7 Å². The molecule has 0 amide bonds. The van der Waals surface area contributed by atoms with Crippen LogP contribution in [0.2, 0.25) is 0 Å². The molecule has 104 valence electrons. The summed E-state index contributed by atoms with van der Waals surface area (Å²) in [7, 11) is 1.97. The van der Waals surface area contributed by atoms with Crippen LogP contribution in [-0.2, 0) is 5.54 Å². The average Bonchev–Trinajstić information content (AvgIpc) is 3.06. The van der Waals surface area contributed by atoms with E-state index in [9.17, 15) is 4.39 Å². The molecule has 2 nitrogen and oxygen atoms in total. The fourth-order valence-electron chi connectivity index (χ4n) is 3.10. The molecule has 0 radical (unpaired) electrons. The Hall–Kier alpha value is -1.09. The Kier molecular flexibility index (Phi) is 3.48. The summed E-state index contributed by atoms with van der Waals surface area (Å²) >= 11 is 0. The van der Waals surface area contributed by atoms with Crippen LogP contribution in [0.15, 0.2) is 18.2 Å². The largest absolute Gasteiger partial charge is 0.490 e. The van der Waals surface area contributed by atoms with Gasteiger partial charge in [-0.05, 0) is 56.3 Å². The van der Waals surface area contributed by atoms with Crippen LogP contribution in [0.5, 0.6) is 5.75 Å². The van der Waals surface area contributed by atoms with E-state index in [2.05, 4.69) is 5.32 Å². The zero-order chi connectivity index (χ0) is 13.3. The van der Waals surface area contributed by atoms with Crippen LogP contribution < -0.4 is 10.1 Å². The fourth-order valence-corrected chi connectivity index (χ4v) is 3.10. The second-order valence-electron chi connectivity index (χ2n) is 5.94. The Morgan fingerprint density at radius 2 is 2.05 bits per heavy atom. The van der Waals surface area contributed by atoms with Gasteiger partial charge in [0.05, 0.1) is 6.61 Å². The average molecular weight is 263 g/mol. The highest BCUT2D eigenvalue weighted by Gasteiger charge is 2.43. The summed E-state index contributed by atoms with van der Waals surface area (Å²) in [4.78, 5) is 0. The van der Waals surface area contributed by atoms with Gasteiger partial charge in [0.2, 0.25) is 0 Å². The Labute approximate surface area is 114 Å². The van der Waals surface area contributed by atoms with Crippen LogP contribution in [0.25, 0.3) is 0 Å². The summed E-state index contributed by atoms with van der Waals surface area (Å²) in [5.41, 5.74) is 1.22. The molecule has 0 heterocycles. The minimum Gasteiger partial charge on any atom is -0.490 e. The monoisotopic (exact) mass is 263 g/mol. The van der Waals surface area contributed by atoms with Crippen molar-refractivity contribution in [3.8, 4) is 5.75 Å². The van der Waals surface area contributed by atoms with Crippen LogP contribution in [0.3, 0.4) is 0 Å². The van der Waals surface area contributed by atoms with E-state index in [0.717, 1.165) is 18.4 Å². The third-order valence-corrected chi connectivity index (χ3v) is 4.66. The first-order valence-electron chi connectivity index (χ1n) is 7.35. The first kappa shape index (κ1) is 12.9. The summed E-state index contributed by atoms with van der Waals surface area (Å²) < 4.78 is 19.5. The van der Waals surface area contributed by atoms with Gasteiger partial charge in [0.25, 0.3) is 0 Å². The van der Waals surface area contributed by atoms with Gasteiger partial charge in [0.15, 0.2) is 11.6 Å². The standard InChI is InChI=1S/C16H22FNO/c1-18-16(8-9-16)13-6-7-14(17)15(10-13)19-11-12-4-2-3-5-12/h6-7,10,12,18H,2-5,8-9,11H2,1H3. The van der Waals surface area contributed by atoms with E-state index in [-0.39, 0.29) is 11.4 Å².